The Morgan fingerprint density at radius 1 is 0.346 bits per heavy atom. The minimum absolute atomic E-state index is 1.13. The fourth-order valence-electron chi connectivity index (χ4n) is 7.78. The molecule has 0 spiro atoms. The van der Waals surface area contributed by atoms with E-state index in [0.717, 1.165) is 11.4 Å². The smallest absolute Gasteiger partial charge is 0.0555 e. The number of para-hydroxylation sites is 1. The summed E-state index contributed by atoms with van der Waals surface area (Å²) in [5.41, 5.74) is 10.7. The summed E-state index contributed by atoms with van der Waals surface area (Å²) in [6, 6.07) is 72.9. The fraction of sp³-hybridized carbons (Fsp3) is 0. The van der Waals surface area contributed by atoms with E-state index in [2.05, 4.69) is 205 Å². The van der Waals surface area contributed by atoms with Crippen molar-refractivity contribution in [2.45, 2.75) is 0 Å². The molecular weight excluding hydrogens is 647 g/mol. The number of nitrogens with zero attached hydrogens (tertiary/aromatic N) is 1. The Hall–Kier alpha value is -6.48. The molecule has 0 aliphatic carbocycles. The summed E-state index contributed by atoms with van der Waals surface area (Å²) in [7, 11) is 0. The highest BCUT2D eigenvalue weighted by atomic mass is 32.1. The molecule has 10 aromatic rings. The molecule has 1 heterocycles. The molecule has 0 fully saturated rings. The van der Waals surface area contributed by atoms with Gasteiger partial charge < -0.3 is 4.90 Å². The second-order valence-electron chi connectivity index (χ2n) is 13.3. The Kier molecular flexibility index (Phi) is 7.41. The first-order valence-corrected chi connectivity index (χ1v) is 18.6. The Balaban J connectivity index is 1.25. The van der Waals surface area contributed by atoms with Crippen LogP contribution in [0.3, 0.4) is 0 Å². The molecule has 0 amide bonds. The Morgan fingerprint density at radius 2 is 0.942 bits per heavy atom. The first kappa shape index (κ1) is 30.4. The average molecular weight is 680 g/mol. The van der Waals surface area contributed by atoms with Gasteiger partial charge in [0.2, 0.25) is 0 Å². The standard InChI is InChI=1S/C50H33NS/c1-3-14-34(15-4-1)36-26-28-38(29-27-36)41-20-11-12-23-46(41)51(40-31-30-35-16-7-8-19-39(35)32-40)47-24-13-25-48-49(47)45-33-44(37-17-5-2-6-18-37)42-21-9-10-22-43(42)50(45)52-48/h1-33H. The van der Waals surface area contributed by atoms with Crippen LogP contribution in [0.25, 0.3) is 75.1 Å². The van der Waals surface area contributed by atoms with Crippen molar-refractivity contribution in [3.63, 3.8) is 0 Å². The van der Waals surface area contributed by atoms with E-state index in [4.69, 9.17) is 0 Å². The molecule has 0 bridgehead atoms. The topological polar surface area (TPSA) is 3.24 Å². The molecule has 1 nitrogen and oxygen atoms in total. The van der Waals surface area contributed by atoms with Gasteiger partial charge in [-0.1, -0.05) is 164 Å². The van der Waals surface area contributed by atoms with Crippen LogP contribution in [0.4, 0.5) is 17.1 Å². The van der Waals surface area contributed by atoms with Gasteiger partial charge in [-0.05, 0) is 80.4 Å². The van der Waals surface area contributed by atoms with Crippen molar-refractivity contribution < 1.29 is 0 Å². The molecule has 0 aliphatic heterocycles. The van der Waals surface area contributed by atoms with Gasteiger partial charge in [0.05, 0.1) is 11.4 Å². The minimum atomic E-state index is 1.13. The highest BCUT2D eigenvalue weighted by molar-refractivity contribution is 7.26. The monoisotopic (exact) mass is 679 g/mol. The van der Waals surface area contributed by atoms with Crippen molar-refractivity contribution >= 4 is 70.1 Å². The van der Waals surface area contributed by atoms with Gasteiger partial charge in [-0.15, -0.1) is 11.3 Å². The van der Waals surface area contributed by atoms with Crippen LogP contribution in [0.15, 0.2) is 200 Å². The van der Waals surface area contributed by atoms with Gasteiger partial charge in [0.1, 0.15) is 0 Å². The summed E-state index contributed by atoms with van der Waals surface area (Å²) < 4.78 is 2.60. The van der Waals surface area contributed by atoms with Gasteiger partial charge in [0, 0.05) is 36.8 Å². The zero-order valence-electron chi connectivity index (χ0n) is 28.4. The van der Waals surface area contributed by atoms with E-state index in [0.29, 0.717) is 0 Å². The van der Waals surface area contributed by atoms with E-state index < -0.39 is 0 Å². The average Bonchev–Trinajstić information content (AvgIpc) is 3.61. The molecule has 0 unspecified atom stereocenters. The number of thiophene rings is 1. The highest BCUT2D eigenvalue weighted by Crippen LogP contribution is 2.50. The molecule has 52 heavy (non-hydrogen) atoms. The van der Waals surface area contributed by atoms with Crippen LogP contribution in [0, 0.1) is 0 Å². The third kappa shape index (κ3) is 5.16. The van der Waals surface area contributed by atoms with Crippen LogP contribution in [-0.2, 0) is 0 Å². The summed E-state index contributed by atoms with van der Waals surface area (Å²) in [6.07, 6.45) is 0. The lowest BCUT2D eigenvalue weighted by atomic mass is 9.95. The molecule has 0 radical (unpaired) electrons. The van der Waals surface area contributed by atoms with Crippen molar-refractivity contribution in [2.24, 2.45) is 0 Å². The second kappa shape index (κ2) is 12.7. The maximum Gasteiger partial charge on any atom is 0.0555 e. The van der Waals surface area contributed by atoms with E-state index in [-0.39, 0.29) is 0 Å². The third-order valence-corrected chi connectivity index (χ3v) is 11.4. The lowest BCUT2D eigenvalue weighted by molar-refractivity contribution is 1.31. The van der Waals surface area contributed by atoms with E-state index >= 15 is 0 Å². The van der Waals surface area contributed by atoms with Gasteiger partial charge in [-0.25, -0.2) is 0 Å². The van der Waals surface area contributed by atoms with Crippen LogP contribution in [-0.4, -0.2) is 0 Å². The molecule has 0 N–H and O–H groups in total. The molecule has 0 saturated carbocycles. The van der Waals surface area contributed by atoms with Gasteiger partial charge in [-0.2, -0.15) is 0 Å². The third-order valence-electron chi connectivity index (χ3n) is 10.2. The maximum absolute atomic E-state index is 2.48. The lowest BCUT2D eigenvalue weighted by Gasteiger charge is -2.29. The fourth-order valence-corrected chi connectivity index (χ4v) is 9.02. The zero-order valence-corrected chi connectivity index (χ0v) is 29.2. The minimum Gasteiger partial charge on any atom is -0.309 e. The number of benzene rings is 9. The van der Waals surface area contributed by atoms with E-state index in [1.807, 2.05) is 11.3 Å². The molecule has 1 aromatic heterocycles. The van der Waals surface area contributed by atoms with Crippen LogP contribution < -0.4 is 4.90 Å². The number of hydrogen-bond donors (Lipinski definition) is 0. The van der Waals surface area contributed by atoms with Crippen molar-refractivity contribution in [3.05, 3.63) is 200 Å². The number of rotatable bonds is 6. The first-order valence-electron chi connectivity index (χ1n) is 17.8. The summed E-state index contributed by atoms with van der Waals surface area (Å²) >= 11 is 1.89. The Labute approximate surface area is 307 Å². The van der Waals surface area contributed by atoms with Crippen molar-refractivity contribution in [2.75, 3.05) is 4.90 Å². The van der Waals surface area contributed by atoms with Gasteiger partial charge in [0.15, 0.2) is 0 Å². The van der Waals surface area contributed by atoms with Crippen molar-refractivity contribution in [3.8, 4) is 33.4 Å². The summed E-state index contributed by atoms with van der Waals surface area (Å²) in [5, 5.41) is 7.58. The van der Waals surface area contributed by atoms with Crippen molar-refractivity contribution in [1.82, 2.24) is 0 Å². The number of hydrogen-bond acceptors (Lipinski definition) is 2. The van der Waals surface area contributed by atoms with Gasteiger partial charge in [-0.3, -0.25) is 0 Å². The molecule has 0 aliphatic rings. The number of fused-ring (bicyclic) bond motifs is 6. The quantitative estimate of drug-likeness (QED) is 0.169. The predicted molar refractivity (Wildman–Crippen MR) is 225 cm³/mol. The normalized spacial score (nSPS) is 11.5. The lowest BCUT2D eigenvalue weighted by Crippen LogP contribution is -2.11. The Morgan fingerprint density at radius 3 is 1.75 bits per heavy atom. The van der Waals surface area contributed by atoms with Crippen LogP contribution in [0.2, 0.25) is 0 Å². The SMILES string of the molecule is c1ccc(-c2ccc(-c3ccccc3N(c3ccc4ccccc4c3)c3cccc4sc5c6ccccc6c(-c6ccccc6)cc5c34)cc2)cc1. The van der Waals surface area contributed by atoms with Gasteiger partial charge >= 0.3 is 0 Å². The van der Waals surface area contributed by atoms with Gasteiger partial charge in [0.25, 0.3) is 0 Å². The van der Waals surface area contributed by atoms with Crippen molar-refractivity contribution in [1.29, 1.82) is 0 Å². The molecule has 0 saturated heterocycles. The molecular formula is C50H33NS. The molecule has 0 atom stereocenters. The first-order chi connectivity index (χ1) is 25.8. The molecule has 10 rings (SSSR count). The molecule has 9 aromatic carbocycles. The Bertz CT molecular complexity index is 2890. The largest absolute Gasteiger partial charge is 0.309 e. The molecule has 244 valence electrons. The molecule has 2 heteroatoms. The van der Waals surface area contributed by atoms with E-state index in [1.165, 1.54) is 80.8 Å². The van der Waals surface area contributed by atoms with Crippen LogP contribution >= 0.6 is 11.3 Å². The summed E-state index contributed by atoms with van der Waals surface area (Å²) in [5.74, 6) is 0. The maximum atomic E-state index is 2.48. The predicted octanol–water partition coefficient (Wildman–Crippen LogP) is 14.8. The number of anilines is 3. The van der Waals surface area contributed by atoms with Crippen LogP contribution in [0.5, 0.6) is 0 Å². The summed E-state index contributed by atoms with van der Waals surface area (Å²) in [4.78, 5) is 2.48. The summed E-state index contributed by atoms with van der Waals surface area (Å²) in [6.45, 7) is 0. The second-order valence-corrected chi connectivity index (χ2v) is 14.3. The van der Waals surface area contributed by atoms with E-state index in [9.17, 15) is 0 Å². The van der Waals surface area contributed by atoms with Crippen LogP contribution in [0.1, 0.15) is 0 Å². The highest BCUT2D eigenvalue weighted by Gasteiger charge is 2.23. The zero-order chi connectivity index (χ0) is 34.4. The van der Waals surface area contributed by atoms with E-state index in [1.54, 1.807) is 0 Å².